The molecular weight excluding hydrogens is 360 g/mol. The molecular formula is C25H28N2O2. The van der Waals surface area contributed by atoms with Crippen LogP contribution in [-0.2, 0) is 10.2 Å². The van der Waals surface area contributed by atoms with Crippen molar-refractivity contribution in [2.24, 2.45) is 0 Å². The van der Waals surface area contributed by atoms with Crippen LogP contribution in [0.2, 0.25) is 0 Å². The maximum Gasteiger partial charge on any atom is 0.235 e. The van der Waals surface area contributed by atoms with Crippen molar-refractivity contribution in [2.45, 2.75) is 58.0 Å². The van der Waals surface area contributed by atoms with Gasteiger partial charge in [0.2, 0.25) is 5.91 Å². The van der Waals surface area contributed by atoms with E-state index in [0.717, 1.165) is 53.6 Å². The van der Waals surface area contributed by atoms with Crippen LogP contribution in [0, 0.1) is 6.92 Å². The van der Waals surface area contributed by atoms with E-state index in [1.807, 2.05) is 38.1 Å². The van der Waals surface area contributed by atoms with E-state index in [4.69, 9.17) is 4.74 Å². The second-order valence-electron chi connectivity index (χ2n) is 8.29. The molecule has 1 amide bonds. The van der Waals surface area contributed by atoms with Crippen LogP contribution in [0.5, 0.6) is 5.75 Å². The molecule has 0 atom stereocenters. The Kier molecular flexibility index (Phi) is 5.27. The molecule has 0 bridgehead atoms. The number of hydrogen-bond donors (Lipinski definition) is 1. The van der Waals surface area contributed by atoms with Gasteiger partial charge < -0.3 is 10.1 Å². The summed E-state index contributed by atoms with van der Waals surface area (Å²) in [7, 11) is 0. The van der Waals surface area contributed by atoms with Gasteiger partial charge in [-0.05, 0) is 63.4 Å². The Hall–Kier alpha value is -2.88. The summed E-state index contributed by atoms with van der Waals surface area (Å²) in [4.78, 5) is 18.1. The van der Waals surface area contributed by atoms with E-state index >= 15 is 0 Å². The molecule has 3 aromatic rings. The van der Waals surface area contributed by atoms with Gasteiger partial charge in [-0.15, -0.1) is 0 Å². The summed E-state index contributed by atoms with van der Waals surface area (Å²) in [6, 6.07) is 16.1. The maximum atomic E-state index is 13.6. The van der Waals surface area contributed by atoms with E-state index < -0.39 is 5.41 Å². The standard InChI is InChI=1S/C25H28N2O2/c1-17(2)29-22-13-12-21(20-7-6-16-26-23(20)22)27-24(28)25(14-4-5-15-25)19-10-8-18(3)9-11-19/h6-13,16-17H,4-5,14-15H2,1-3H3,(H,27,28). The Morgan fingerprint density at radius 1 is 1.07 bits per heavy atom. The quantitative estimate of drug-likeness (QED) is 0.603. The Bertz CT molecular complexity index is 1020. The fraction of sp³-hybridized carbons (Fsp3) is 0.360. The topological polar surface area (TPSA) is 51.2 Å². The normalized spacial score (nSPS) is 15.6. The van der Waals surface area contributed by atoms with Crippen LogP contribution in [0.25, 0.3) is 10.9 Å². The zero-order valence-corrected chi connectivity index (χ0v) is 17.4. The molecule has 4 rings (SSSR count). The van der Waals surface area contributed by atoms with Crippen molar-refractivity contribution in [3.63, 3.8) is 0 Å². The maximum absolute atomic E-state index is 13.6. The molecule has 29 heavy (non-hydrogen) atoms. The largest absolute Gasteiger partial charge is 0.489 e. The predicted molar refractivity (Wildman–Crippen MR) is 117 cm³/mol. The fourth-order valence-corrected chi connectivity index (χ4v) is 4.34. The monoisotopic (exact) mass is 388 g/mol. The van der Waals surface area contributed by atoms with Crippen molar-refractivity contribution in [1.82, 2.24) is 4.98 Å². The zero-order chi connectivity index (χ0) is 20.4. The van der Waals surface area contributed by atoms with Crippen LogP contribution in [0.1, 0.15) is 50.7 Å². The molecule has 1 N–H and O–H groups in total. The number of carbonyl (C=O) groups is 1. The van der Waals surface area contributed by atoms with Crippen molar-refractivity contribution in [2.75, 3.05) is 5.32 Å². The van der Waals surface area contributed by atoms with Gasteiger partial charge in [-0.3, -0.25) is 9.78 Å². The zero-order valence-electron chi connectivity index (χ0n) is 17.4. The van der Waals surface area contributed by atoms with Gasteiger partial charge in [0.05, 0.1) is 17.2 Å². The Morgan fingerprint density at radius 2 is 1.79 bits per heavy atom. The molecule has 0 radical (unpaired) electrons. The number of hydrogen-bond acceptors (Lipinski definition) is 3. The minimum atomic E-state index is -0.463. The molecule has 4 heteroatoms. The van der Waals surface area contributed by atoms with E-state index in [1.54, 1.807) is 6.20 Å². The lowest BCUT2D eigenvalue weighted by molar-refractivity contribution is -0.121. The molecule has 1 heterocycles. The van der Waals surface area contributed by atoms with Crippen LogP contribution in [0.4, 0.5) is 5.69 Å². The number of pyridine rings is 1. The van der Waals surface area contributed by atoms with Crippen molar-refractivity contribution in [3.8, 4) is 5.75 Å². The van der Waals surface area contributed by atoms with Gasteiger partial charge in [-0.25, -0.2) is 0 Å². The number of aromatic nitrogens is 1. The molecule has 4 nitrogen and oxygen atoms in total. The molecule has 1 aliphatic rings. The van der Waals surface area contributed by atoms with Gasteiger partial charge in [0.1, 0.15) is 11.3 Å². The first-order valence-corrected chi connectivity index (χ1v) is 10.4. The van der Waals surface area contributed by atoms with Crippen LogP contribution in [-0.4, -0.2) is 17.0 Å². The number of nitrogens with one attached hydrogen (secondary N) is 1. The SMILES string of the molecule is Cc1ccc(C2(C(=O)Nc3ccc(OC(C)C)c4ncccc34)CCCC2)cc1. The van der Waals surface area contributed by atoms with Gasteiger partial charge in [0.15, 0.2) is 0 Å². The third-order valence-corrected chi connectivity index (χ3v) is 5.84. The van der Waals surface area contributed by atoms with Gasteiger partial charge in [0, 0.05) is 11.6 Å². The summed E-state index contributed by atoms with van der Waals surface area (Å²) < 4.78 is 5.91. The highest BCUT2D eigenvalue weighted by molar-refractivity contribution is 6.06. The Balaban J connectivity index is 1.70. The van der Waals surface area contributed by atoms with Crippen molar-refractivity contribution in [1.29, 1.82) is 0 Å². The van der Waals surface area contributed by atoms with Crippen molar-refractivity contribution < 1.29 is 9.53 Å². The molecule has 1 fully saturated rings. The number of rotatable bonds is 5. The number of anilines is 1. The van der Waals surface area contributed by atoms with E-state index in [-0.39, 0.29) is 12.0 Å². The number of fused-ring (bicyclic) bond motifs is 1. The minimum Gasteiger partial charge on any atom is -0.489 e. The lowest BCUT2D eigenvalue weighted by atomic mass is 9.77. The smallest absolute Gasteiger partial charge is 0.235 e. The summed E-state index contributed by atoms with van der Waals surface area (Å²) >= 11 is 0. The van der Waals surface area contributed by atoms with Gasteiger partial charge in [-0.1, -0.05) is 42.7 Å². The molecule has 1 saturated carbocycles. The number of nitrogens with zero attached hydrogens (tertiary/aromatic N) is 1. The number of aryl methyl sites for hydroxylation is 1. The summed E-state index contributed by atoms with van der Waals surface area (Å²) in [5.74, 6) is 0.809. The summed E-state index contributed by atoms with van der Waals surface area (Å²) in [5.41, 5.74) is 3.41. The molecule has 1 aliphatic carbocycles. The highest BCUT2D eigenvalue weighted by Gasteiger charge is 2.42. The summed E-state index contributed by atoms with van der Waals surface area (Å²) in [6.45, 7) is 6.07. The van der Waals surface area contributed by atoms with Crippen LogP contribution in [0.15, 0.2) is 54.7 Å². The summed E-state index contributed by atoms with van der Waals surface area (Å²) in [5, 5.41) is 4.13. The fourth-order valence-electron chi connectivity index (χ4n) is 4.34. The van der Waals surface area contributed by atoms with Crippen LogP contribution >= 0.6 is 0 Å². The Morgan fingerprint density at radius 3 is 2.48 bits per heavy atom. The average Bonchev–Trinajstić information content (AvgIpc) is 3.21. The first kappa shape index (κ1) is 19.4. The third kappa shape index (κ3) is 3.71. The lowest BCUT2D eigenvalue weighted by Gasteiger charge is -2.29. The Labute approximate surface area is 172 Å². The van der Waals surface area contributed by atoms with E-state index in [2.05, 4.69) is 41.5 Å². The van der Waals surface area contributed by atoms with Crippen LogP contribution < -0.4 is 10.1 Å². The molecule has 0 unspecified atom stereocenters. The lowest BCUT2D eigenvalue weighted by Crippen LogP contribution is -2.38. The van der Waals surface area contributed by atoms with E-state index in [0.29, 0.717) is 0 Å². The number of carbonyl (C=O) groups excluding carboxylic acids is 1. The van der Waals surface area contributed by atoms with Crippen molar-refractivity contribution >= 4 is 22.5 Å². The molecule has 2 aromatic carbocycles. The average molecular weight is 389 g/mol. The highest BCUT2D eigenvalue weighted by atomic mass is 16.5. The minimum absolute atomic E-state index is 0.0592. The third-order valence-electron chi connectivity index (χ3n) is 5.84. The van der Waals surface area contributed by atoms with Gasteiger partial charge in [-0.2, -0.15) is 0 Å². The molecule has 0 aliphatic heterocycles. The number of amides is 1. The molecule has 0 spiro atoms. The predicted octanol–water partition coefficient (Wildman–Crippen LogP) is 5.78. The van der Waals surface area contributed by atoms with E-state index in [9.17, 15) is 4.79 Å². The summed E-state index contributed by atoms with van der Waals surface area (Å²) in [6.07, 6.45) is 5.73. The molecule has 1 aromatic heterocycles. The first-order valence-electron chi connectivity index (χ1n) is 10.4. The van der Waals surface area contributed by atoms with Crippen molar-refractivity contribution in [3.05, 3.63) is 65.9 Å². The number of benzene rings is 2. The molecule has 0 saturated heterocycles. The van der Waals surface area contributed by atoms with E-state index in [1.165, 1.54) is 5.56 Å². The molecule has 150 valence electrons. The second kappa shape index (κ2) is 7.86. The van der Waals surface area contributed by atoms with Gasteiger partial charge in [0.25, 0.3) is 0 Å². The van der Waals surface area contributed by atoms with Gasteiger partial charge >= 0.3 is 0 Å². The second-order valence-corrected chi connectivity index (χ2v) is 8.29. The van der Waals surface area contributed by atoms with Crippen LogP contribution in [0.3, 0.4) is 0 Å². The highest BCUT2D eigenvalue weighted by Crippen LogP contribution is 2.43. The number of ether oxygens (including phenoxy) is 1. The first-order chi connectivity index (χ1) is 14.0.